The number of alkyl halides is 3. The van der Waals surface area contributed by atoms with Gasteiger partial charge in [-0.3, -0.25) is 9.59 Å². The highest BCUT2D eigenvalue weighted by Gasteiger charge is 2.40. The number of hydrogen-bond acceptors (Lipinski definition) is 3. The number of rotatable bonds is 4. The Hall–Kier alpha value is -1.31. The van der Waals surface area contributed by atoms with Crippen LogP contribution in [0.15, 0.2) is 0 Å². The lowest BCUT2D eigenvalue weighted by molar-refractivity contribution is -0.158. The summed E-state index contributed by atoms with van der Waals surface area (Å²) < 4.78 is 37.3. The number of hydrogen-bond donors (Lipinski definition) is 1. The fourth-order valence-electron chi connectivity index (χ4n) is 3.37. The van der Waals surface area contributed by atoms with Crippen LogP contribution in [0.5, 0.6) is 0 Å². The summed E-state index contributed by atoms with van der Waals surface area (Å²) in [6.07, 6.45) is -2.77. The summed E-state index contributed by atoms with van der Waals surface area (Å²) >= 11 is 0. The summed E-state index contributed by atoms with van der Waals surface area (Å²) in [6, 6.07) is -0.492. The van der Waals surface area contributed by atoms with Crippen LogP contribution in [-0.2, 0) is 9.59 Å². The predicted octanol–water partition coefficient (Wildman–Crippen LogP) is 1.39. The van der Waals surface area contributed by atoms with Gasteiger partial charge in [0, 0.05) is 32.1 Å². The maximum absolute atomic E-state index is 12.4. The van der Waals surface area contributed by atoms with Crippen LogP contribution >= 0.6 is 0 Å². The fraction of sp³-hybridized carbons (Fsp3) is 0.867. The second-order valence-electron chi connectivity index (χ2n) is 6.45. The second kappa shape index (κ2) is 7.07. The minimum Gasteiger partial charge on any atom is -0.342 e. The Morgan fingerprint density at radius 3 is 2.57 bits per heavy atom. The normalized spacial score (nSPS) is 29.3. The van der Waals surface area contributed by atoms with Gasteiger partial charge in [-0.1, -0.05) is 13.8 Å². The lowest BCUT2D eigenvalue weighted by atomic mass is 9.92. The number of nitrogens with zero attached hydrogens (tertiary/aromatic N) is 2. The smallest absolute Gasteiger partial charge is 0.342 e. The van der Waals surface area contributed by atoms with E-state index in [1.54, 1.807) is 0 Å². The number of likely N-dealkylation sites (tertiary alicyclic amines) is 2. The van der Waals surface area contributed by atoms with Crippen molar-refractivity contribution in [3.63, 3.8) is 0 Å². The Balaban J connectivity index is 1.86. The summed E-state index contributed by atoms with van der Waals surface area (Å²) in [5.41, 5.74) is 0. The van der Waals surface area contributed by atoms with Gasteiger partial charge in [0.2, 0.25) is 11.8 Å². The Morgan fingerprint density at radius 1 is 1.30 bits per heavy atom. The predicted molar refractivity (Wildman–Crippen MR) is 78.6 cm³/mol. The molecule has 0 radical (unpaired) electrons. The third kappa shape index (κ3) is 4.59. The summed E-state index contributed by atoms with van der Waals surface area (Å²) in [4.78, 5) is 26.5. The Kier molecular flexibility index (Phi) is 5.54. The highest BCUT2D eigenvalue weighted by atomic mass is 19.4. The van der Waals surface area contributed by atoms with E-state index in [0.717, 1.165) is 11.3 Å². The van der Waals surface area contributed by atoms with Crippen LogP contribution < -0.4 is 5.32 Å². The third-order valence-corrected chi connectivity index (χ3v) is 4.64. The largest absolute Gasteiger partial charge is 0.406 e. The van der Waals surface area contributed by atoms with Gasteiger partial charge in [0.1, 0.15) is 6.54 Å². The lowest BCUT2D eigenvalue weighted by Gasteiger charge is -2.38. The molecule has 0 spiro atoms. The molecule has 2 heterocycles. The van der Waals surface area contributed by atoms with E-state index in [0.29, 0.717) is 25.9 Å². The van der Waals surface area contributed by atoms with E-state index in [1.165, 1.54) is 0 Å². The Labute approximate surface area is 134 Å². The molecule has 8 heteroatoms. The third-order valence-electron chi connectivity index (χ3n) is 4.64. The summed E-state index contributed by atoms with van der Waals surface area (Å²) in [7, 11) is 0. The maximum Gasteiger partial charge on any atom is 0.406 e. The van der Waals surface area contributed by atoms with Crippen molar-refractivity contribution in [3.8, 4) is 0 Å². The highest BCUT2D eigenvalue weighted by molar-refractivity contribution is 5.84. The van der Waals surface area contributed by atoms with Crippen LogP contribution in [0.3, 0.4) is 0 Å². The van der Waals surface area contributed by atoms with Gasteiger partial charge in [-0.05, 0) is 18.8 Å². The number of halogens is 3. The van der Waals surface area contributed by atoms with E-state index in [4.69, 9.17) is 0 Å². The molecule has 1 N–H and O–H groups in total. The molecule has 0 bridgehead atoms. The molecule has 2 saturated heterocycles. The zero-order valence-electron chi connectivity index (χ0n) is 13.5. The molecular formula is C15H24F3N3O2. The van der Waals surface area contributed by atoms with Gasteiger partial charge in [0.05, 0.1) is 6.04 Å². The quantitative estimate of drug-likeness (QED) is 0.845. The van der Waals surface area contributed by atoms with Crippen LogP contribution in [0, 0.1) is 5.92 Å². The summed E-state index contributed by atoms with van der Waals surface area (Å²) in [6.45, 7) is 4.03. The van der Waals surface area contributed by atoms with Gasteiger partial charge in [-0.15, -0.1) is 0 Å². The van der Waals surface area contributed by atoms with Gasteiger partial charge in [0.15, 0.2) is 0 Å². The van der Waals surface area contributed by atoms with Crippen molar-refractivity contribution >= 4 is 11.8 Å². The fourth-order valence-corrected chi connectivity index (χ4v) is 3.37. The van der Waals surface area contributed by atoms with Crippen molar-refractivity contribution in [2.24, 2.45) is 5.92 Å². The van der Waals surface area contributed by atoms with Gasteiger partial charge >= 0.3 is 6.18 Å². The molecule has 2 fully saturated rings. The average Bonchev–Trinajstić information content (AvgIpc) is 2.79. The van der Waals surface area contributed by atoms with E-state index in [9.17, 15) is 22.8 Å². The Bertz CT molecular complexity index is 456. The molecule has 2 aliphatic rings. The van der Waals surface area contributed by atoms with E-state index < -0.39 is 24.7 Å². The van der Waals surface area contributed by atoms with E-state index in [-0.39, 0.29) is 24.4 Å². The number of carbonyl (C=O) groups excluding carboxylic acids is 2. The lowest BCUT2D eigenvalue weighted by Crippen LogP contribution is -2.54. The molecule has 0 unspecified atom stereocenters. The van der Waals surface area contributed by atoms with Crippen LogP contribution in [0.25, 0.3) is 0 Å². The first-order valence-corrected chi connectivity index (χ1v) is 8.10. The zero-order valence-corrected chi connectivity index (χ0v) is 13.5. The van der Waals surface area contributed by atoms with Crippen LogP contribution in [0.4, 0.5) is 13.2 Å². The van der Waals surface area contributed by atoms with Gasteiger partial charge in [0.25, 0.3) is 0 Å². The summed E-state index contributed by atoms with van der Waals surface area (Å²) in [5.74, 6) is -0.186. The minimum atomic E-state index is -4.36. The molecule has 5 nitrogen and oxygen atoms in total. The molecule has 0 aromatic heterocycles. The first-order chi connectivity index (χ1) is 10.7. The number of piperidine rings is 1. The van der Waals surface area contributed by atoms with Gasteiger partial charge < -0.3 is 15.1 Å². The van der Waals surface area contributed by atoms with Gasteiger partial charge in [-0.2, -0.15) is 13.2 Å². The molecule has 0 aliphatic carbocycles. The monoisotopic (exact) mass is 335 g/mol. The first-order valence-electron chi connectivity index (χ1n) is 8.10. The molecule has 2 aliphatic heterocycles. The topological polar surface area (TPSA) is 52.7 Å². The van der Waals surface area contributed by atoms with Crippen LogP contribution in [0.2, 0.25) is 0 Å². The van der Waals surface area contributed by atoms with Crippen molar-refractivity contribution in [2.75, 3.05) is 26.2 Å². The van der Waals surface area contributed by atoms with E-state index >= 15 is 0 Å². The zero-order chi connectivity index (χ0) is 17.2. The van der Waals surface area contributed by atoms with E-state index in [1.807, 2.05) is 18.7 Å². The molecule has 132 valence electrons. The maximum atomic E-state index is 12.4. The average molecular weight is 335 g/mol. The second-order valence-corrected chi connectivity index (χ2v) is 6.45. The summed E-state index contributed by atoms with van der Waals surface area (Å²) in [5, 5.41) is 3.21. The number of amides is 2. The molecule has 0 saturated carbocycles. The van der Waals surface area contributed by atoms with Crippen LogP contribution in [0.1, 0.15) is 33.1 Å². The van der Waals surface area contributed by atoms with Crippen molar-refractivity contribution < 1.29 is 22.8 Å². The van der Waals surface area contributed by atoms with Crippen molar-refractivity contribution in [1.82, 2.24) is 15.1 Å². The molecule has 0 aromatic rings. The molecule has 2 rings (SSSR count). The van der Waals surface area contributed by atoms with Crippen molar-refractivity contribution in [1.29, 1.82) is 0 Å². The molecule has 2 amide bonds. The van der Waals surface area contributed by atoms with Crippen molar-refractivity contribution in [3.05, 3.63) is 0 Å². The van der Waals surface area contributed by atoms with Crippen molar-refractivity contribution in [2.45, 2.75) is 51.4 Å². The molecule has 3 atom stereocenters. The standard InChI is InChI=1S/C15H24F3N3O2/c1-3-13(22)20-6-4-11(10(2)8-20)19-12-5-7-21(14(12)23)9-15(16,17)18/h10-12,19H,3-9H2,1-2H3/t10-,11+,12-/m1/s1. The van der Waals surface area contributed by atoms with E-state index in [2.05, 4.69) is 5.32 Å². The molecule has 0 aromatic carbocycles. The van der Waals surface area contributed by atoms with Crippen LogP contribution in [-0.4, -0.2) is 66.1 Å². The molecule has 23 heavy (non-hydrogen) atoms. The first kappa shape index (κ1) is 18.0. The van der Waals surface area contributed by atoms with Gasteiger partial charge in [-0.25, -0.2) is 0 Å². The number of carbonyl (C=O) groups is 2. The number of nitrogens with one attached hydrogen (secondary N) is 1. The SMILES string of the molecule is CCC(=O)N1CC[C@H](N[C@@H]2CCN(CC(F)(F)F)C2=O)[C@H](C)C1. The Morgan fingerprint density at radius 2 is 2.00 bits per heavy atom. The molecular weight excluding hydrogens is 311 g/mol. The highest BCUT2D eigenvalue weighted by Crippen LogP contribution is 2.23. The minimum absolute atomic E-state index is 0.0516.